The second-order valence-electron chi connectivity index (χ2n) is 4.18. The predicted molar refractivity (Wildman–Crippen MR) is 67.5 cm³/mol. The lowest BCUT2D eigenvalue weighted by Crippen LogP contribution is -2.05. The van der Waals surface area contributed by atoms with Gasteiger partial charge in [-0.05, 0) is 24.5 Å². The van der Waals surface area contributed by atoms with Crippen LogP contribution in [0.5, 0.6) is 11.5 Å². The Morgan fingerprint density at radius 1 is 1.19 bits per heavy atom. The molecule has 0 aliphatic heterocycles. The number of anilines is 1. The van der Waals surface area contributed by atoms with Crippen molar-refractivity contribution in [3.05, 3.63) is 18.2 Å². The van der Waals surface area contributed by atoms with Crippen LogP contribution in [0.2, 0.25) is 0 Å². The first-order valence-electron chi connectivity index (χ1n) is 5.63. The summed E-state index contributed by atoms with van der Waals surface area (Å²) in [5.74, 6) is 2.34. The lowest BCUT2D eigenvalue weighted by molar-refractivity contribution is 0.395. The molecular weight excluding hydrogens is 202 g/mol. The van der Waals surface area contributed by atoms with E-state index in [0.717, 1.165) is 30.2 Å². The third kappa shape index (κ3) is 3.65. The molecule has 1 aromatic rings. The molecule has 0 atom stereocenters. The highest BCUT2D eigenvalue weighted by Gasteiger charge is 2.04. The summed E-state index contributed by atoms with van der Waals surface area (Å²) in [6.45, 7) is 5.39. The van der Waals surface area contributed by atoms with E-state index < -0.39 is 0 Å². The third-order valence-corrected chi connectivity index (χ3v) is 2.45. The van der Waals surface area contributed by atoms with E-state index in [9.17, 15) is 0 Å². The van der Waals surface area contributed by atoms with Gasteiger partial charge in [-0.2, -0.15) is 0 Å². The van der Waals surface area contributed by atoms with Crippen LogP contribution in [0.4, 0.5) is 5.69 Å². The predicted octanol–water partition coefficient (Wildman–Crippen LogP) is 3.16. The average Bonchev–Trinajstić information content (AvgIpc) is 2.29. The first-order valence-corrected chi connectivity index (χ1v) is 5.63. The van der Waals surface area contributed by atoms with Gasteiger partial charge in [0.25, 0.3) is 0 Å². The molecule has 3 heteroatoms. The van der Waals surface area contributed by atoms with Crippen molar-refractivity contribution in [2.75, 3.05) is 26.1 Å². The van der Waals surface area contributed by atoms with Crippen molar-refractivity contribution in [3.8, 4) is 11.5 Å². The van der Waals surface area contributed by atoms with Crippen LogP contribution in [0.1, 0.15) is 20.3 Å². The second-order valence-corrected chi connectivity index (χ2v) is 4.18. The zero-order valence-electron chi connectivity index (χ0n) is 10.5. The standard InChI is InChI=1S/C13H21NO2/c1-10(2)7-8-14-12-6-5-11(15-3)9-13(12)16-4/h5-6,9-10,14H,7-8H2,1-4H3. The molecule has 1 rings (SSSR count). The Labute approximate surface area is 97.8 Å². The Hall–Kier alpha value is -1.38. The molecule has 16 heavy (non-hydrogen) atoms. The quantitative estimate of drug-likeness (QED) is 0.803. The Morgan fingerprint density at radius 3 is 2.50 bits per heavy atom. The Bertz CT molecular complexity index is 324. The van der Waals surface area contributed by atoms with Gasteiger partial charge in [-0.25, -0.2) is 0 Å². The summed E-state index contributed by atoms with van der Waals surface area (Å²) in [6, 6.07) is 5.80. The first-order chi connectivity index (χ1) is 7.67. The zero-order valence-corrected chi connectivity index (χ0v) is 10.5. The largest absolute Gasteiger partial charge is 0.497 e. The fourth-order valence-electron chi connectivity index (χ4n) is 1.44. The van der Waals surface area contributed by atoms with Crippen molar-refractivity contribution >= 4 is 5.69 Å². The van der Waals surface area contributed by atoms with E-state index in [4.69, 9.17) is 9.47 Å². The molecule has 0 fully saturated rings. The van der Waals surface area contributed by atoms with Crippen molar-refractivity contribution in [3.63, 3.8) is 0 Å². The van der Waals surface area contributed by atoms with E-state index in [2.05, 4.69) is 19.2 Å². The fraction of sp³-hybridized carbons (Fsp3) is 0.538. The zero-order chi connectivity index (χ0) is 12.0. The maximum atomic E-state index is 5.30. The Kier molecular flexibility index (Phi) is 4.96. The monoisotopic (exact) mass is 223 g/mol. The number of rotatable bonds is 6. The van der Waals surface area contributed by atoms with Crippen LogP contribution >= 0.6 is 0 Å². The van der Waals surface area contributed by atoms with Crippen molar-refractivity contribution in [1.82, 2.24) is 0 Å². The first kappa shape index (κ1) is 12.7. The molecular formula is C13H21NO2. The van der Waals surface area contributed by atoms with Gasteiger partial charge in [-0.15, -0.1) is 0 Å². The normalized spacial score (nSPS) is 10.3. The number of nitrogens with one attached hydrogen (secondary N) is 1. The SMILES string of the molecule is COc1ccc(NCCC(C)C)c(OC)c1. The highest BCUT2D eigenvalue weighted by molar-refractivity contribution is 5.59. The summed E-state index contributed by atoms with van der Waals surface area (Å²) in [5, 5.41) is 3.37. The summed E-state index contributed by atoms with van der Waals surface area (Å²) in [7, 11) is 3.32. The highest BCUT2D eigenvalue weighted by atomic mass is 16.5. The maximum Gasteiger partial charge on any atom is 0.145 e. The molecule has 90 valence electrons. The summed E-state index contributed by atoms with van der Waals surface area (Å²) in [5.41, 5.74) is 1.02. The van der Waals surface area contributed by atoms with Crippen LogP contribution < -0.4 is 14.8 Å². The average molecular weight is 223 g/mol. The van der Waals surface area contributed by atoms with Crippen molar-refractivity contribution in [1.29, 1.82) is 0 Å². The Balaban J connectivity index is 2.64. The molecule has 0 saturated heterocycles. The van der Waals surface area contributed by atoms with Crippen LogP contribution in [0.15, 0.2) is 18.2 Å². The van der Waals surface area contributed by atoms with Gasteiger partial charge in [0.15, 0.2) is 0 Å². The second kappa shape index (κ2) is 6.26. The van der Waals surface area contributed by atoms with Gasteiger partial charge in [0.05, 0.1) is 19.9 Å². The van der Waals surface area contributed by atoms with E-state index in [1.807, 2.05) is 18.2 Å². The van der Waals surface area contributed by atoms with Crippen molar-refractivity contribution in [2.45, 2.75) is 20.3 Å². The molecule has 0 unspecified atom stereocenters. The molecule has 1 N–H and O–H groups in total. The number of hydrogen-bond acceptors (Lipinski definition) is 3. The molecule has 0 aliphatic carbocycles. The van der Waals surface area contributed by atoms with Gasteiger partial charge in [0.2, 0.25) is 0 Å². The minimum Gasteiger partial charge on any atom is -0.497 e. The molecule has 0 amide bonds. The Morgan fingerprint density at radius 2 is 1.94 bits per heavy atom. The minimum absolute atomic E-state index is 0.705. The number of methoxy groups -OCH3 is 2. The van der Waals surface area contributed by atoms with Crippen LogP contribution in [-0.4, -0.2) is 20.8 Å². The van der Waals surface area contributed by atoms with Crippen LogP contribution in [0.25, 0.3) is 0 Å². The van der Waals surface area contributed by atoms with Gasteiger partial charge < -0.3 is 14.8 Å². The summed E-state index contributed by atoms with van der Waals surface area (Å²) >= 11 is 0. The van der Waals surface area contributed by atoms with Crippen molar-refractivity contribution in [2.24, 2.45) is 5.92 Å². The number of ether oxygens (including phenoxy) is 2. The molecule has 0 bridgehead atoms. The van der Waals surface area contributed by atoms with E-state index in [0.29, 0.717) is 5.92 Å². The summed E-state index contributed by atoms with van der Waals surface area (Å²) < 4.78 is 10.4. The highest BCUT2D eigenvalue weighted by Crippen LogP contribution is 2.28. The van der Waals surface area contributed by atoms with Gasteiger partial charge in [0, 0.05) is 12.6 Å². The van der Waals surface area contributed by atoms with E-state index >= 15 is 0 Å². The van der Waals surface area contributed by atoms with Gasteiger partial charge >= 0.3 is 0 Å². The van der Waals surface area contributed by atoms with Crippen LogP contribution in [-0.2, 0) is 0 Å². The summed E-state index contributed by atoms with van der Waals surface area (Å²) in [4.78, 5) is 0. The van der Waals surface area contributed by atoms with Crippen LogP contribution in [0, 0.1) is 5.92 Å². The lowest BCUT2D eigenvalue weighted by atomic mass is 10.1. The maximum absolute atomic E-state index is 5.30. The topological polar surface area (TPSA) is 30.5 Å². The minimum atomic E-state index is 0.705. The van der Waals surface area contributed by atoms with Gasteiger partial charge in [-0.3, -0.25) is 0 Å². The molecule has 0 aliphatic rings. The molecule has 3 nitrogen and oxygen atoms in total. The third-order valence-electron chi connectivity index (χ3n) is 2.45. The smallest absolute Gasteiger partial charge is 0.145 e. The van der Waals surface area contributed by atoms with E-state index in [1.165, 1.54) is 0 Å². The van der Waals surface area contributed by atoms with Gasteiger partial charge in [-0.1, -0.05) is 13.8 Å². The number of hydrogen-bond donors (Lipinski definition) is 1. The van der Waals surface area contributed by atoms with E-state index in [1.54, 1.807) is 14.2 Å². The molecule has 0 saturated carbocycles. The molecule has 0 heterocycles. The molecule has 0 aromatic heterocycles. The lowest BCUT2D eigenvalue weighted by Gasteiger charge is -2.13. The molecule has 0 spiro atoms. The van der Waals surface area contributed by atoms with Crippen molar-refractivity contribution < 1.29 is 9.47 Å². The van der Waals surface area contributed by atoms with Crippen LogP contribution in [0.3, 0.4) is 0 Å². The van der Waals surface area contributed by atoms with Gasteiger partial charge in [0.1, 0.15) is 11.5 Å². The summed E-state index contributed by atoms with van der Waals surface area (Å²) in [6.07, 6.45) is 1.15. The molecule has 0 radical (unpaired) electrons. The van der Waals surface area contributed by atoms with E-state index in [-0.39, 0.29) is 0 Å². The number of benzene rings is 1. The fourth-order valence-corrected chi connectivity index (χ4v) is 1.44. The molecule has 1 aromatic carbocycles.